The van der Waals surface area contributed by atoms with E-state index < -0.39 is 40.9 Å². The summed E-state index contributed by atoms with van der Waals surface area (Å²) in [5.74, 6) is -0.673. The third-order valence-electron chi connectivity index (χ3n) is 6.32. The molecule has 190 valence electrons. The van der Waals surface area contributed by atoms with Gasteiger partial charge in [-0.25, -0.2) is 14.5 Å². The minimum Gasteiger partial charge on any atom is -0.434 e. The van der Waals surface area contributed by atoms with E-state index in [2.05, 4.69) is 0 Å². The van der Waals surface area contributed by atoms with Crippen LogP contribution in [0, 0.1) is 11.3 Å². The lowest BCUT2D eigenvalue weighted by molar-refractivity contribution is -0.137. The van der Waals surface area contributed by atoms with E-state index in [0.29, 0.717) is 23.8 Å². The molecule has 11 heteroatoms. The smallest absolute Gasteiger partial charge is 0.434 e. The largest absolute Gasteiger partial charge is 0.508 e. The van der Waals surface area contributed by atoms with Gasteiger partial charge >= 0.3 is 18.4 Å². The number of hydrogen-bond donors (Lipinski definition) is 0. The maximum atomic E-state index is 13.4. The van der Waals surface area contributed by atoms with Crippen molar-refractivity contribution < 1.29 is 37.0 Å². The van der Waals surface area contributed by atoms with Gasteiger partial charge in [0.25, 0.3) is 5.91 Å². The molecule has 0 atom stereocenters. The fourth-order valence-corrected chi connectivity index (χ4v) is 4.32. The lowest BCUT2D eigenvalue weighted by Crippen LogP contribution is -2.44. The van der Waals surface area contributed by atoms with Gasteiger partial charge in [-0.3, -0.25) is 4.79 Å². The van der Waals surface area contributed by atoms with Crippen LogP contribution >= 0.6 is 0 Å². The summed E-state index contributed by atoms with van der Waals surface area (Å²) in [4.78, 5) is 39.8. The molecule has 1 heterocycles. The van der Waals surface area contributed by atoms with E-state index in [1.165, 1.54) is 24.8 Å². The third-order valence-corrected chi connectivity index (χ3v) is 6.32. The summed E-state index contributed by atoms with van der Waals surface area (Å²) >= 11 is 0. The Labute approximate surface area is 201 Å². The third kappa shape index (κ3) is 5.86. The minimum absolute atomic E-state index is 0.0796. The molecule has 1 aromatic carbocycles. The number of halogens is 3. The van der Waals surface area contributed by atoms with Crippen molar-refractivity contribution in [1.82, 2.24) is 4.90 Å². The summed E-state index contributed by atoms with van der Waals surface area (Å²) in [5.41, 5.74) is -3.36. The van der Waals surface area contributed by atoms with Gasteiger partial charge in [0.05, 0.1) is 29.5 Å². The van der Waals surface area contributed by atoms with Gasteiger partial charge in [0.2, 0.25) is 0 Å². The molecule has 0 unspecified atom stereocenters. The van der Waals surface area contributed by atoms with Crippen LogP contribution in [-0.4, -0.2) is 47.8 Å². The van der Waals surface area contributed by atoms with Crippen molar-refractivity contribution in [3.63, 3.8) is 0 Å². The number of hydrogen-bond acceptors (Lipinski definition) is 6. The highest BCUT2D eigenvalue weighted by molar-refractivity contribution is 6.23. The molecule has 1 aliphatic carbocycles. The Morgan fingerprint density at radius 1 is 1.17 bits per heavy atom. The first-order valence-corrected chi connectivity index (χ1v) is 11.6. The molecule has 0 bridgehead atoms. The number of amides is 3. The van der Waals surface area contributed by atoms with Crippen LogP contribution < -0.4 is 4.90 Å². The van der Waals surface area contributed by atoms with E-state index in [1.807, 2.05) is 0 Å². The molecule has 1 saturated carbocycles. The van der Waals surface area contributed by atoms with Gasteiger partial charge in [0.1, 0.15) is 11.6 Å². The number of benzene rings is 1. The highest BCUT2D eigenvalue weighted by Gasteiger charge is 2.51. The van der Waals surface area contributed by atoms with Crippen LogP contribution in [0.5, 0.6) is 0 Å². The van der Waals surface area contributed by atoms with Crippen LogP contribution in [-0.2, 0) is 20.4 Å². The first kappa shape index (κ1) is 26.3. The fourth-order valence-electron chi connectivity index (χ4n) is 4.32. The highest BCUT2D eigenvalue weighted by Crippen LogP contribution is 2.37. The van der Waals surface area contributed by atoms with E-state index in [0.717, 1.165) is 44.2 Å². The molecule has 2 aliphatic rings. The number of rotatable bonds is 7. The van der Waals surface area contributed by atoms with Crippen LogP contribution in [0.15, 0.2) is 18.2 Å². The van der Waals surface area contributed by atoms with Crippen molar-refractivity contribution in [1.29, 1.82) is 5.26 Å². The minimum atomic E-state index is -4.82. The van der Waals surface area contributed by atoms with E-state index in [9.17, 15) is 27.6 Å². The second kappa shape index (κ2) is 10.5. The van der Waals surface area contributed by atoms with Gasteiger partial charge in [-0.1, -0.05) is 6.42 Å². The zero-order valence-corrected chi connectivity index (χ0v) is 19.7. The summed E-state index contributed by atoms with van der Waals surface area (Å²) in [6.45, 7) is 3.24. The van der Waals surface area contributed by atoms with E-state index in [1.54, 1.807) is 0 Å². The number of unbranched alkanes of at least 4 members (excludes halogenated alkanes) is 1. The van der Waals surface area contributed by atoms with Gasteiger partial charge in [-0.15, -0.1) is 0 Å². The van der Waals surface area contributed by atoms with Crippen LogP contribution in [0.2, 0.25) is 0 Å². The van der Waals surface area contributed by atoms with Gasteiger partial charge in [0, 0.05) is 6.54 Å². The molecule has 1 saturated heterocycles. The average molecular weight is 495 g/mol. The molecule has 1 aliphatic heterocycles. The molecule has 0 spiro atoms. The summed E-state index contributed by atoms with van der Waals surface area (Å²) in [6.07, 6.45) is -0.0219. The standard InChI is InChI=1S/C24H28F3N3O5/c1-23(2)20(31)30(17-11-10-16(15-28)19(14-17)24(25,26)27)21(32)29(23)12-6-7-13-34-22(33)35-18-8-4-3-5-9-18/h10-11,14,18H,3-9,12-13H2,1-2H3. The Kier molecular flexibility index (Phi) is 7.93. The molecular formula is C24H28F3N3O5. The highest BCUT2D eigenvalue weighted by atomic mass is 19.4. The molecule has 3 rings (SSSR count). The van der Waals surface area contributed by atoms with Crippen LogP contribution in [0.25, 0.3) is 0 Å². The first-order chi connectivity index (χ1) is 16.5. The fraction of sp³-hybridized carbons (Fsp3) is 0.583. The number of urea groups is 1. The molecule has 0 N–H and O–H groups in total. The van der Waals surface area contributed by atoms with Gasteiger partial charge in [-0.05, 0) is 70.6 Å². The van der Waals surface area contributed by atoms with Crippen molar-refractivity contribution in [2.45, 2.75) is 76.6 Å². The Morgan fingerprint density at radius 2 is 1.86 bits per heavy atom. The Bertz CT molecular complexity index is 1010. The zero-order chi connectivity index (χ0) is 25.8. The maximum absolute atomic E-state index is 13.4. The SMILES string of the molecule is CC1(C)C(=O)N(c2ccc(C#N)c(C(F)(F)F)c2)C(=O)N1CCCCOC(=O)OC1CCCCC1. The lowest BCUT2D eigenvalue weighted by Gasteiger charge is -2.27. The average Bonchev–Trinajstić information content (AvgIpc) is 2.97. The summed E-state index contributed by atoms with van der Waals surface area (Å²) < 4.78 is 50.4. The van der Waals surface area contributed by atoms with Crippen LogP contribution in [0.3, 0.4) is 0 Å². The summed E-state index contributed by atoms with van der Waals surface area (Å²) in [5, 5.41) is 8.98. The van der Waals surface area contributed by atoms with Crippen molar-refractivity contribution in [3.8, 4) is 6.07 Å². The second-order valence-corrected chi connectivity index (χ2v) is 9.16. The van der Waals surface area contributed by atoms with Gasteiger partial charge < -0.3 is 14.4 Å². The van der Waals surface area contributed by atoms with E-state index in [-0.39, 0.29) is 24.9 Å². The molecule has 0 aromatic heterocycles. The van der Waals surface area contributed by atoms with E-state index >= 15 is 0 Å². The van der Waals surface area contributed by atoms with E-state index in [4.69, 9.17) is 14.7 Å². The number of anilines is 1. The molecule has 1 aromatic rings. The molecule has 8 nitrogen and oxygen atoms in total. The predicted octanol–water partition coefficient (Wildman–Crippen LogP) is 5.39. The number of ether oxygens (including phenoxy) is 2. The number of imide groups is 1. The first-order valence-electron chi connectivity index (χ1n) is 11.6. The van der Waals surface area contributed by atoms with Crippen LogP contribution in [0.1, 0.15) is 69.9 Å². The monoisotopic (exact) mass is 495 g/mol. The number of nitrogens with zero attached hydrogens (tertiary/aromatic N) is 3. The lowest BCUT2D eigenvalue weighted by atomic mass is 9.98. The number of carbonyl (C=O) groups is 3. The predicted molar refractivity (Wildman–Crippen MR) is 118 cm³/mol. The Hall–Kier alpha value is -3.29. The normalized spacial score (nSPS) is 18.5. The van der Waals surface area contributed by atoms with Crippen LogP contribution in [0.4, 0.5) is 28.4 Å². The molecular weight excluding hydrogens is 467 g/mol. The molecule has 35 heavy (non-hydrogen) atoms. The number of alkyl halides is 3. The summed E-state index contributed by atoms with van der Waals surface area (Å²) in [6, 6.07) is 3.45. The molecule has 0 radical (unpaired) electrons. The second-order valence-electron chi connectivity index (χ2n) is 9.16. The van der Waals surface area contributed by atoms with Crippen molar-refractivity contribution >= 4 is 23.8 Å². The maximum Gasteiger partial charge on any atom is 0.508 e. The molecule has 3 amide bonds. The Balaban J connectivity index is 1.59. The number of nitriles is 1. The van der Waals surface area contributed by atoms with Gasteiger partial charge in [-0.2, -0.15) is 18.4 Å². The van der Waals surface area contributed by atoms with Gasteiger partial charge in [0.15, 0.2) is 0 Å². The topological polar surface area (TPSA) is 99.9 Å². The van der Waals surface area contributed by atoms with Crippen molar-refractivity contribution in [2.75, 3.05) is 18.1 Å². The molecule has 2 fully saturated rings. The van der Waals surface area contributed by atoms with Crippen molar-refractivity contribution in [2.24, 2.45) is 0 Å². The van der Waals surface area contributed by atoms with Crippen molar-refractivity contribution in [3.05, 3.63) is 29.3 Å². The Morgan fingerprint density at radius 3 is 2.49 bits per heavy atom. The summed E-state index contributed by atoms with van der Waals surface area (Å²) in [7, 11) is 0. The quantitative estimate of drug-likeness (QED) is 0.286. The number of carbonyl (C=O) groups excluding carboxylic acids is 3. The zero-order valence-electron chi connectivity index (χ0n) is 19.7.